The van der Waals surface area contributed by atoms with E-state index in [0.29, 0.717) is 18.0 Å². The monoisotopic (exact) mass is 335 g/mol. The summed E-state index contributed by atoms with van der Waals surface area (Å²) in [4.78, 5) is 11.5. The molecule has 7 heteroatoms. The molecule has 1 unspecified atom stereocenters. The number of sulfonamides is 1. The molecule has 1 aliphatic heterocycles. The maximum atomic E-state index is 12.6. The number of rotatable bonds is 3. The van der Waals surface area contributed by atoms with E-state index < -0.39 is 10.0 Å². The van der Waals surface area contributed by atoms with Gasteiger partial charge in [-0.15, -0.1) is 0 Å². The molecule has 1 aromatic rings. The molecular weight excluding hydrogens is 321 g/mol. The van der Waals surface area contributed by atoms with E-state index in [1.54, 1.807) is 0 Å². The molecule has 1 aromatic carbocycles. The van der Waals surface area contributed by atoms with Crippen molar-refractivity contribution in [2.45, 2.75) is 24.7 Å². The SMILES string of the molecule is CC(=O)C1CCCN(S(=O)(=O)c2cc(Cl)ccc2Cl)C1. The van der Waals surface area contributed by atoms with Crippen LogP contribution in [0.3, 0.4) is 0 Å². The van der Waals surface area contributed by atoms with E-state index in [0.717, 1.165) is 6.42 Å². The molecular formula is C13H15Cl2NO3S. The zero-order valence-corrected chi connectivity index (χ0v) is 13.3. The van der Waals surface area contributed by atoms with Crippen molar-refractivity contribution in [2.24, 2.45) is 5.92 Å². The van der Waals surface area contributed by atoms with Crippen molar-refractivity contribution in [1.29, 1.82) is 0 Å². The molecule has 1 heterocycles. The standard InChI is InChI=1S/C13H15Cl2NO3S/c1-9(17)10-3-2-6-16(8-10)20(18,19)13-7-11(14)4-5-12(13)15/h4-5,7,10H,2-3,6,8H2,1H3. The zero-order chi connectivity index (χ0) is 14.9. The van der Waals surface area contributed by atoms with Crippen molar-refractivity contribution < 1.29 is 13.2 Å². The molecule has 0 aliphatic carbocycles. The third-order valence-corrected chi connectivity index (χ3v) is 6.05. The molecule has 1 aliphatic rings. The number of ketones is 1. The van der Waals surface area contributed by atoms with Crippen molar-refractivity contribution in [3.63, 3.8) is 0 Å². The molecule has 0 saturated carbocycles. The van der Waals surface area contributed by atoms with E-state index in [-0.39, 0.29) is 28.2 Å². The van der Waals surface area contributed by atoms with Crippen LogP contribution < -0.4 is 0 Å². The van der Waals surface area contributed by atoms with Crippen LogP contribution in [0, 0.1) is 5.92 Å². The summed E-state index contributed by atoms with van der Waals surface area (Å²) in [5.41, 5.74) is 0. The summed E-state index contributed by atoms with van der Waals surface area (Å²) in [6.45, 7) is 2.10. The number of carbonyl (C=O) groups excluding carboxylic acids is 1. The first-order valence-corrected chi connectivity index (χ1v) is 8.47. The highest BCUT2D eigenvalue weighted by Gasteiger charge is 2.33. The fourth-order valence-electron chi connectivity index (χ4n) is 2.31. The van der Waals surface area contributed by atoms with Crippen LogP contribution in [0.4, 0.5) is 0 Å². The van der Waals surface area contributed by atoms with E-state index in [1.807, 2.05) is 0 Å². The van der Waals surface area contributed by atoms with Crippen LogP contribution in [-0.2, 0) is 14.8 Å². The predicted octanol–water partition coefficient (Wildman–Crippen LogP) is 2.98. The Balaban J connectivity index is 2.35. The van der Waals surface area contributed by atoms with Crippen LogP contribution >= 0.6 is 23.2 Å². The van der Waals surface area contributed by atoms with Crippen molar-refractivity contribution >= 4 is 39.0 Å². The van der Waals surface area contributed by atoms with Crippen molar-refractivity contribution in [3.8, 4) is 0 Å². The molecule has 0 N–H and O–H groups in total. The van der Waals surface area contributed by atoms with Crippen molar-refractivity contribution in [2.75, 3.05) is 13.1 Å². The summed E-state index contributed by atoms with van der Waals surface area (Å²) in [6.07, 6.45) is 1.40. The Morgan fingerprint density at radius 1 is 1.35 bits per heavy atom. The molecule has 110 valence electrons. The fourth-order valence-corrected chi connectivity index (χ4v) is 4.57. The lowest BCUT2D eigenvalue weighted by atomic mass is 9.96. The number of benzene rings is 1. The van der Waals surface area contributed by atoms with Crippen LogP contribution in [0.5, 0.6) is 0 Å². The minimum atomic E-state index is -3.72. The lowest BCUT2D eigenvalue weighted by molar-refractivity contribution is -0.121. The lowest BCUT2D eigenvalue weighted by Gasteiger charge is -2.30. The number of nitrogens with zero attached hydrogens (tertiary/aromatic N) is 1. The van der Waals surface area contributed by atoms with E-state index in [2.05, 4.69) is 0 Å². The Bertz CT molecular complexity index is 631. The number of carbonyl (C=O) groups is 1. The average molecular weight is 336 g/mol. The molecule has 0 aromatic heterocycles. The molecule has 4 nitrogen and oxygen atoms in total. The Hall–Kier alpha value is -0.620. The van der Waals surface area contributed by atoms with Gasteiger partial charge in [-0.1, -0.05) is 23.2 Å². The zero-order valence-electron chi connectivity index (χ0n) is 11.0. The molecule has 2 rings (SSSR count). The van der Waals surface area contributed by atoms with Crippen LogP contribution in [0.2, 0.25) is 10.0 Å². The van der Waals surface area contributed by atoms with Gasteiger partial charge in [0.25, 0.3) is 0 Å². The third-order valence-electron chi connectivity index (χ3n) is 3.47. The normalized spacial score (nSPS) is 20.9. The molecule has 1 atom stereocenters. The lowest BCUT2D eigenvalue weighted by Crippen LogP contribution is -2.41. The smallest absolute Gasteiger partial charge is 0.244 e. The highest BCUT2D eigenvalue weighted by atomic mass is 35.5. The second-order valence-electron chi connectivity index (χ2n) is 4.89. The van der Waals surface area contributed by atoms with E-state index in [1.165, 1.54) is 29.4 Å². The second kappa shape index (κ2) is 6.02. The Morgan fingerprint density at radius 2 is 2.05 bits per heavy atom. The number of halogens is 2. The van der Waals surface area contributed by atoms with Gasteiger partial charge < -0.3 is 0 Å². The summed E-state index contributed by atoms with van der Waals surface area (Å²) in [5.74, 6) is -0.224. The van der Waals surface area contributed by atoms with Crippen LogP contribution in [-0.4, -0.2) is 31.6 Å². The molecule has 0 radical (unpaired) electrons. The minimum absolute atomic E-state index is 0.00383. The topological polar surface area (TPSA) is 54.5 Å². The quantitative estimate of drug-likeness (QED) is 0.853. The van der Waals surface area contributed by atoms with E-state index >= 15 is 0 Å². The van der Waals surface area contributed by atoms with Gasteiger partial charge in [-0.05, 0) is 38.0 Å². The minimum Gasteiger partial charge on any atom is -0.300 e. The van der Waals surface area contributed by atoms with Crippen LogP contribution in [0.1, 0.15) is 19.8 Å². The summed E-state index contributed by atoms with van der Waals surface area (Å²) in [7, 11) is -3.72. The van der Waals surface area contributed by atoms with Gasteiger partial charge in [-0.2, -0.15) is 4.31 Å². The number of piperidine rings is 1. The number of Topliss-reactive ketones (excluding diaryl/α,β-unsaturated/α-hetero) is 1. The summed E-state index contributed by atoms with van der Waals surface area (Å²) in [5, 5.41) is 0.451. The highest BCUT2D eigenvalue weighted by molar-refractivity contribution is 7.89. The Morgan fingerprint density at radius 3 is 2.70 bits per heavy atom. The highest BCUT2D eigenvalue weighted by Crippen LogP contribution is 2.30. The van der Waals surface area contributed by atoms with Gasteiger partial charge >= 0.3 is 0 Å². The third kappa shape index (κ3) is 3.17. The number of hydrogen-bond donors (Lipinski definition) is 0. The predicted molar refractivity (Wildman–Crippen MR) is 78.6 cm³/mol. The number of hydrogen-bond acceptors (Lipinski definition) is 3. The summed E-state index contributed by atoms with van der Waals surface area (Å²) < 4.78 is 26.5. The molecule has 0 bridgehead atoms. The van der Waals surface area contributed by atoms with Crippen molar-refractivity contribution in [3.05, 3.63) is 28.2 Å². The Kier molecular flexibility index (Phi) is 4.74. The van der Waals surface area contributed by atoms with Gasteiger partial charge in [0.15, 0.2) is 0 Å². The van der Waals surface area contributed by atoms with Crippen LogP contribution in [0.15, 0.2) is 23.1 Å². The Labute approximate surface area is 128 Å². The fraction of sp³-hybridized carbons (Fsp3) is 0.462. The van der Waals surface area contributed by atoms with Gasteiger partial charge in [0.2, 0.25) is 10.0 Å². The first-order chi connectivity index (χ1) is 9.32. The molecule has 0 amide bonds. The second-order valence-corrected chi connectivity index (χ2v) is 7.64. The first kappa shape index (κ1) is 15.8. The molecule has 20 heavy (non-hydrogen) atoms. The van der Waals surface area contributed by atoms with E-state index in [9.17, 15) is 13.2 Å². The molecule has 0 spiro atoms. The van der Waals surface area contributed by atoms with Gasteiger partial charge in [0.05, 0.1) is 5.02 Å². The summed E-state index contributed by atoms with van der Waals surface area (Å²) >= 11 is 11.8. The van der Waals surface area contributed by atoms with Gasteiger partial charge in [0.1, 0.15) is 10.7 Å². The maximum absolute atomic E-state index is 12.6. The van der Waals surface area contributed by atoms with Gasteiger partial charge in [0, 0.05) is 24.0 Å². The summed E-state index contributed by atoms with van der Waals surface area (Å²) in [6, 6.07) is 4.34. The van der Waals surface area contributed by atoms with E-state index in [4.69, 9.17) is 23.2 Å². The first-order valence-electron chi connectivity index (χ1n) is 6.28. The van der Waals surface area contributed by atoms with Crippen molar-refractivity contribution in [1.82, 2.24) is 4.31 Å². The molecule has 1 saturated heterocycles. The largest absolute Gasteiger partial charge is 0.300 e. The van der Waals surface area contributed by atoms with Crippen LogP contribution in [0.25, 0.3) is 0 Å². The van der Waals surface area contributed by atoms with Gasteiger partial charge in [-0.25, -0.2) is 8.42 Å². The maximum Gasteiger partial charge on any atom is 0.244 e. The van der Waals surface area contributed by atoms with Gasteiger partial charge in [-0.3, -0.25) is 4.79 Å². The average Bonchev–Trinajstić information content (AvgIpc) is 2.41. The molecule has 1 fully saturated rings.